The molecule has 1 aromatic heterocycles. The molecule has 19 heavy (non-hydrogen) atoms. The molecule has 0 aliphatic rings. The summed E-state index contributed by atoms with van der Waals surface area (Å²) in [7, 11) is 0. The first-order valence-corrected chi connectivity index (χ1v) is 6.91. The van der Waals surface area contributed by atoms with Crippen LogP contribution in [0.2, 0.25) is 9.49 Å². The summed E-state index contributed by atoms with van der Waals surface area (Å²) in [5, 5.41) is 9.89. The van der Waals surface area contributed by atoms with E-state index in [-0.39, 0.29) is 0 Å². The van der Waals surface area contributed by atoms with Crippen LogP contribution in [0.15, 0.2) is 18.3 Å². The molecule has 1 heterocycles. The summed E-state index contributed by atoms with van der Waals surface area (Å²) in [6.45, 7) is 1.88. The van der Waals surface area contributed by atoms with Crippen molar-refractivity contribution >= 4 is 40.2 Å². The predicted molar refractivity (Wildman–Crippen MR) is 78.6 cm³/mol. The Balaban J connectivity index is 2.54. The van der Waals surface area contributed by atoms with Gasteiger partial charge in [0.25, 0.3) is 0 Å². The zero-order valence-electron chi connectivity index (χ0n) is 9.95. The fraction of sp³-hybridized carbons (Fsp3) is 0.167. The van der Waals surface area contributed by atoms with E-state index in [1.807, 2.05) is 13.0 Å². The van der Waals surface area contributed by atoms with Crippen molar-refractivity contribution < 1.29 is 0 Å². The van der Waals surface area contributed by atoms with Crippen molar-refractivity contribution in [3.8, 4) is 6.07 Å². The van der Waals surface area contributed by atoms with Gasteiger partial charge in [-0.2, -0.15) is 5.26 Å². The number of nitriles is 1. The van der Waals surface area contributed by atoms with Crippen LogP contribution >= 0.6 is 34.5 Å². The topological polar surface area (TPSA) is 74.7 Å². The van der Waals surface area contributed by atoms with Gasteiger partial charge in [0.15, 0.2) is 4.47 Å². The van der Waals surface area contributed by atoms with Crippen molar-refractivity contribution in [1.82, 2.24) is 4.98 Å². The number of benzene rings is 1. The molecule has 0 spiro atoms. The van der Waals surface area contributed by atoms with Crippen molar-refractivity contribution in [2.24, 2.45) is 5.84 Å². The van der Waals surface area contributed by atoms with E-state index >= 15 is 0 Å². The van der Waals surface area contributed by atoms with E-state index in [0.717, 1.165) is 16.0 Å². The molecule has 0 bridgehead atoms. The summed E-state index contributed by atoms with van der Waals surface area (Å²) in [6, 6.07) is 5.78. The van der Waals surface area contributed by atoms with Gasteiger partial charge in [-0.15, -0.1) is 11.3 Å². The highest BCUT2D eigenvalue weighted by Gasteiger charge is 2.21. The maximum atomic E-state index is 9.40. The molecule has 0 fully saturated rings. The summed E-state index contributed by atoms with van der Waals surface area (Å²) < 4.78 is 0.407. The molecule has 2 aromatic rings. The second-order valence-electron chi connectivity index (χ2n) is 3.91. The summed E-state index contributed by atoms with van der Waals surface area (Å²) in [6.07, 6.45) is 1.60. The third kappa shape index (κ3) is 2.82. The first kappa shape index (κ1) is 14.1. The monoisotopic (exact) mass is 312 g/mol. The minimum atomic E-state index is -0.482. The highest BCUT2D eigenvalue weighted by Crippen LogP contribution is 2.37. The van der Waals surface area contributed by atoms with Gasteiger partial charge in [0.05, 0.1) is 11.8 Å². The summed E-state index contributed by atoms with van der Waals surface area (Å²) >= 11 is 13.3. The van der Waals surface area contributed by atoms with Crippen LogP contribution in [-0.4, -0.2) is 4.98 Å². The van der Waals surface area contributed by atoms with E-state index in [2.05, 4.69) is 16.5 Å². The van der Waals surface area contributed by atoms with E-state index in [0.29, 0.717) is 15.2 Å². The minimum Gasteiger partial charge on any atom is -0.324 e. The Hall–Kier alpha value is -1.32. The van der Waals surface area contributed by atoms with E-state index in [1.165, 1.54) is 11.3 Å². The molecule has 0 aliphatic heterocycles. The van der Waals surface area contributed by atoms with Gasteiger partial charge in [0.1, 0.15) is 5.92 Å². The van der Waals surface area contributed by atoms with Crippen LogP contribution < -0.4 is 11.3 Å². The van der Waals surface area contributed by atoms with Gasteiger partial charge in [-0.1, -0.05) is 23.2 Å². The number of hydrogen-bond acceptors (Lipinski definition) is 5. The zero-order chi connectivity index (χ0) is 14.0. The number of nitrogens with two attached hydrogens (primary N) is 1. The third-order valence-corrected chi connectivity index (χ3v) is 4.19. The van der Waals surface area contributed by atoms with Gasteiger partial charge in [-0.3, -0.25) is 5.84 Å². The van der Waals surface area contributed by atoms with Crippen LogP contribution in [0, 0.1) is 18.3 Å². The summed E-state index contributed by atoms with van der Waals surface area (Å²) in [4.78, 5) is 4.73. The predicted octanol–water partition coefficient (Wildman–Crippen LogP) is 3.70. The van der Waals surface area contributed by atoms with E-state index in [4.69, 9.17) is 29.0 Å². The Labute approximate surface area is 124 Å². The molecule has 0 radical (unpaired) electrons. The van der Waals surface area contributed by atoms with Gasteiger partial charge in [-0.05, 0) is 30.2 Å². The van der Waals surface area contributed by atoms with Crippen molar-refractivity contribution in [3.05, 3.63) is 43.8 Å². The Morgan fingerprint density at radius 2 is 2.21 bits per heavy atom. The van der Waals surface area contributed by atoms with Crippen molar-refractivity contribution in [3.63, 3.8) is 0 Å². The van der Waals surface area contributed by atoms with E-state index in [9.17, 15) is 5.26 Å². The number of nitrogens with one attached hydrogen (secondary N) is 1. The molecule has 0 saturated heterocycles. The van der Waals surface area contributed by atoms with Gasteiger partial charge in [0, 0.05) is 16.1 Å². The van der Waals surface area contributed by atoms with Crippen LogP contribution in [0.5, 0.6) is 0 Å². The fourth-order valence-electron chi connectivity index (χ4n) is 1.87. The number of aryl methyl sites for hydroxylation is 1. The maximum absolute atomic E-state index is 9.40. The van der Waals surface area contributed by atoms with Crippen LogP contribution in [0.1, 0.15) is 21.9 Å². The molecular formula is C12H10Cl2N4S. The molecule has 98 valence electrons. The number of halogens is 2. The quantitative estimate of drug-likeness (QED) is 0.669. The zero-order valence-corrected chi connectivity index (χ0v) is 12.3. The Morgan fingerprint density at radius 3 is 2.68 bits per heavy atom. The molecule has 1 atom stereocenters. The highest BCUT2D eigenvalue weighted by atomic mass is 35.5. The molecule has 3 N–H and O–H groups in total. The van der Waals surface area contributed by atoms with Crippen LogP contribution in [0.25, 0.3) is 0 Å². The van der Waals surface area contributed by atoms with Crippen molar-refractivity contribution in [2.45, 2.75) is 12.8 Å². The Bertz CT molecular complexity index is 624. The normalized spacial score (nSPS) is 11.9. The van der Waals surface area contributed by atoms with Crippen LogP contribution in [-0.2, 0) is 0 Å². The van der Waals surface area contributed by atoms with Gasteiger partial charge < -0.3 is 5.43 Å². The lowest BCUT2D eigenvalue weighted by atomic mass is 9.94. The molecular weight excluding hydrogens is 303 g/mol. The summed E-state index contributed by atoms with van der Waals surface area (Å²) in [5.74, 6) is 4.88. The highest BCUT2D eigenvalue weighted by molar-refractivity contribution is 7.15. The number of hydrazine groups is 1. The van der Waals surface area contributed by atoms with Gasteiger partial charge in [0.2, 0.25) is 0 Å². The average Bonchev–Trinajstić information content (AvgIpc) is 2.79. The van der Waals surface area contributed by atoms with Crippen LogP contribution in [0.4, 0.5) is 5.69 Å². The molecule has 0 amide bonds. The smallest absolute Gasteiger partial charge is 0.183 e. The lowest BCUT2D eigenvalue weighted by molar-refractivity contribution is 1.04. The van der Waals surface area contributed by atoms with Crippen LogP contribution in [0.3, 0.4) is 0 Å². The number of anilines is 1. The molecule has 1 unspecified atom stereocenters. The Kier molecular flexibility index (Phi) is 4.27. The maximum Gasteiger partial charge on any atom is 0.183 e. The minimum absolute atomic E-state index is 0.407. The van der Waals surface area contributed by atoms with Crippen molar-refractivity contribution in [2.75, 3.05) is 5.43 Å². The number of thiazole rings is 1. The Morgan fingerprint density at radius 1 is 1.47 bits per heavy atom. The largest absolute Gasteiger partial charge is 0.324 e. The molecule has 7 heteroatoms. The van der Waals surface area contributed by atoms with Gasteiger partial charge in [-0.25, -0.2) is 4.98 Å². The lowest BCUT2D eigenvalue weighted by Crippen LogP contribution is -2.08. The van der Waals surface area contributed by atoms with E-state index in [1.54, 1.807) is 12.3 Å². The number of rotatable bonds is 3. The summed E-state index contributed by atoms with van der Waals surface area (Å²) in [5.41, 5.74) is 4.88. The number of nitrogens with zero attached hydrogens (tertiary/aromatic N) is 2. The average molecular weight is 313 g/mol. The number of hydrogen-bond donors (Lipinski definition) is 2. The van der Waals surface area contributed by atoms with Gasteiger partial charge >= 0.3 is 0 Å². The third-order valence-electron chi connectivity index (χ3n) is 2.70. The first-order chi connectivity index (χ1) is 9.06. The number of aromatic nitrogens is 1. The molecule has 0 saturated carbocycles. The fourth-order valence-corrected chi connectivity index (χ4v) is 3.26. The second kappa shape index (κ2) is 5.76. The lowest BCUT2D eigenvalue weighted by Gasteiger charge is -2.14. The molecule has 4 nitrogen and oxygen atoms in total. The number of nitrogen functional groups attached to an aromatic ring is 1. The second-order valence-corrected chi connectivity index (χ2v) is 5.96. The molecule has 1 aromatic carbocycles. The standard InChI is InChI=1S/C12H10Cl2N4S/c1-6-2-7(18-16)3-9(13)11(6)8(4-15)10-5-17-12(14)19-10/h2-3,5,8,18H,16H2,1H3. The first-order valence-electron chi connectivity index (χ1n) is 5.34. The molecule has 2 rings (SSSR count). The van der Waals surface area contributed by atoms with Crippen molar-refractivity contribution in [1.29, 1.82) is 5.26 Å². The molecule has 0 aliphatic carbocycles. The SMILES string of the molecule is Cc1cc(NN)cc(Cl)c1C(C#N)c1cnc(Cl)s1. The van der Waals surface area contributed by atoms with E-state index < -0.39 is 5.92 Å².